The average molecular weight is 318 g/mol. The molecule has 0 bridgehead atoms. The van der Waals surface area contributed by atoms with Crippen LogP contribution in [0, 0.1) is 0 Å². The molecule has 1 N–H and O–H groups in total. The molecule has 1 aromatic carbocycles. The number of hydrogen-bond donors (Lipinski definition) is 1. The van der Waals surface area contributed by atoms with Gasteiger partial charge >= 0.3 is 0 Å². The van der Waals surface area contributed by atoms with Crippen molar-refractivity contribution in [1.82, 2.24) is 10.2 Å². The summed E-state index contributed by atoms with van der Waals surface area (Å²) in [6.45, 7) is 2.33. The molecule has 2 unspecified atom stereocenters. The largest absolute Gasteiger partial charge is 0.481 e. The van der Waals surface area contributed by atoms with Gasteiger partial charge in [-0.25, -0.2) is 0 Å². The van der Waals surface area contributed by atoms with Gasteiger partial charge in [0.15, 0.2) is 6.10 Å². The molecule has 4 nitrogen and oxygen atoms in total. The van der Waals surface area contributed by atoms with Crippen molar-refractivity contribution in [2.45, 2.75) is 19.1 Å². The Morgan fingerprint density at radius 1 is 1.23 bits per heavy atom. The van der Waals surface area contributed by atoms with Crippen LogP contribution in [0.15, 0.2) is 47.8 Å². The second kappa shape index (κ2) is 7.96. The summed E-state index contributed by atoms with van der Waals surface area (Å²) in [6, 6.07) is 13.7. The highest BCUT2D eigenvalue weighted by molar-refractivity contribution is 7.10. The Labute approximate surface area is 135 Å². The molecule has 0 saturated heterocycles. The predicted octanol–water partition coefficient (Wildman–Crippen LogP) is 2.93. The first-order chi connectivity index (χ1) is 10.6. The zero-order valence-corrected chi connectivity index (χ0v) is 14.0. The number of hydrogen-bond acceptors (Lipinski definition) is 4. The van der Waals surface area contributed by atoms with Gasteiger partial charge in [0, 0.05) is 11.4 Å². The molecule has 0 aliphatic rings. The third kappa shape index (κ3) is 4.58. The molecule has 0 spiro atoms. The van der Waals surface area contributed by atoms with E-state index in [-0.39, 0.29) is 11.9 Å². The van der Waals surface area contributed by atoms with Crippen LogP contribution >= 0.6 is 11.3 Å². The Bertz CT molecular complexity index is 570. The second-order valence-corrected chi connectivity index (χ2v) is 6.29. The Hall–Kier alpha value is -1.85. The fourth-order valence-electron chi connectivity index (χ4n) is 2.12. The molecule has 2 rings (SSSR count). The minimum atomic E-state index is -0.520. The number of nitrogens with one attached hydrogen (secondary N) is 1. The highest BCUT2D eigenvalue weighted by Gasteiger charge is 2.19. The van der Waals surface area contributed by atoms with E-state index < -0.39 is 6.10 Å². The number of nitrogens with zero attached hydrogens (tertiary/aromatic N) is 1. The fourth-order valence-corrected chi connectivity index (χ4v) is 3.04. The van der Waals surface area contributed by atoms with Crippen molar-refractivity contribution in [2.24, 2.45) is 0 Å². The van der Waals surface area contributed by atoms with Gasteiger partial charge in [-0.1, -0.05) is 24.3 Å². The summed E-state index contributed by atoms with van der Waals surface area (Å²) in [5.74, 6) is 0.597. The summed E-state index contributed by atoms with van der Waals surface area (Å²) in [6.07, 6.45) is -0.520. The number of para-hydroxylation sites is 1. The molecule has 2 aromatic rings. The number of rotatable bonds is 7. The molecule has 0 aliphatic heterocycles. The van der Waals surface area contributed by atoms with E-state index in [0.717, 1.165) is 0 Å². The van der Waals surface area contributed by atoms with Gasteiger partial charge in [-0.3, -0.25) is 4.79 Å². The van der Waals surface area contributed by atoms with E-state index in [1.54, 1.807) is 18.3 Å². The molecule has 1 aromatic heterocycles. The van der Waals surface area contributed by atoms with Gasteiger partial charge in [0.25, 0.3) is 5.91 Å². The van der Waals surface area contributed by atoms with Gasteiger partial charge in [0.1, 0.15) is 5.75 Å². The summed E-state index contributed by atoms with van der Waals surface area (Å²) in [5, 5.41) is 5.02. The van der Waals surface area contributed by atoms with Crippen molar-refractivity contribution >= 4 is 17.2 Å². The minimum absolute atomic E-state index is 0.104. The monoisotopic (exact) mass is 318 g/mol. The van der Waals surface area contributed by atoms with Gasteiger partial charge in [0.2, 0.25) is 0 Å². The number of amides is 1. The summed E-state index contributed by atoms with van der Waals surface area (Å²) >= 11 is 1.70. The fraction of sp³-hybridized carbons (Fsp3) is 0.353. The molecular weight excluding hydrogens is 296 g/mol. The molecular formula is C17H22N2O2S. The van der Waals surface area contributed by atoms with E-state index in [9.17, 15) is 4.79 Å². The predicted molar refractivity (Wildman–Crippen MR) is 90.3 cm³/mol. The van der Waals surface area contributed by atoms with Crippen molar-refractivity contribution < 1.29 is 9.53 Å². The van der Waals surface area contributed by atoms with Gasteiger partial charge < -0.3 is 15.0 Å². The lowest BCUT2D eigenvalue weighted by atomic mass is 10.2. The van der Waals surface area contributed by atoms with Crippen LogP contribution < -0.4 is 10.1 Å². The standard InChI is InChI=1S/C17H22N2O2S/c1-13(21-14-8-5-4-6-9-14)17(20)18-12-15(19(2)3)16-10-7-11-22-16/h4-11,13,15H,12H2,1-3H3,(H,18,20). The van der Waals surface area contributed by atoms with Gasteiger partial charge in [0.05, 0.1) is 6.04 Å². The number of benzene rings is 1. The molecule has 2 atom stereocenters. The Morgan fingerprint density at radius 2 is 1.95 bits per heavy atom. The first-order valence-corrected chi connectivity index (χ1v) is 8.15. The first-order valence-electron chi connectivity index (χ1n) is 7.27. The molecule has 1 heterocycles. The number of carbonyl (C=O) groups excluding carboxylic acids is 1. The third-order valence-electron chi connectivity index (χ3n) is 3.39. The Balaban J connectivity index is 1.88. The SMILES string of the molecule is CC(Oc1ccccc1)C(=O)NCC(c1cccs1)N(C)C. The maximum Gasteiger partial charge on any atom is 0.260 e. The first kappa shape index (κ1) is 16.5. The molecule has 0 radical (unpaired) electrons. The van der Waals surface area contributed by atoms with Crippen molar-refractivity contribution in [2.75, 3.05) is 20.6 Å². The summed E-state index contributed by atoms with van der Waals surface area (Å²) < 4.78 is 5.64. The van der Waals surface area contributed by atoms with Crippen LogP contribution in [0.2, 0.25) is 0 Å². The van der Waals surface area contributed by atoms with E-state index >= 15 is 0 Å². The van der Waals surface area contributed by atoms with Gasteiger partial charge in [-0.15, -0.1) is 11.3 Å². The summed E-state index contributed by atoms with van der Waals surface area (Å²) in [7, 11) is 4.03. The average Bonchev–Trinajstić information content (AvgIpc) is 3.02. The smallest absolute Gasteiger partial charge is 0.260 e. The molecule has 1 amide bonds. The van der Waals surface area contributed by atoms with Crippen molar-refractivity contribution in [3.8, 4) is 5.75 Å². The quantitative estimate of drug-likeness (QED) is 0.853. The van der Waals surface area contributed by atoms with Crippen LogP contribution in [0.25, 0.3) is 0 Å². The number of thiophene rings is 1. The van der Waals surface area contributed by atoms with E-state index in [2.05, 4.69) is 21.7 Å². The van der Waals surface area contributed by atoms with E-state index in [4.69, 9.17) is 4.74 Å². The normalized spacial score (nSPS) is 13.6. The summed E-state index contributed by atoms with van der Waals surface area (Å²) in [5.41, 5.74) is 0. The summed E-state index contributed by atoms with van der Waals surface area (Å²) in [4.78, 5) is 15.5. The van der Waals surface area contributed by atoms with Gasteiger partial charge in [-0.05, 0) is 44.6 Å². The van der Waals surface area contributed by atoms with Crippen molar-refractivity contribution in [3.05, 3.63) is 52.7 Å². The third-order valence-corrected chi connectivity index (χ3v) is 4.36. The highest BCUT2D eigenvalue weighted by Crippen LogP contribution is 2.22. The van der Waals surface area contributed by atoms with Crippen LogP contribution in [0.3, 0.4) is 0 Å². The molecule has 0 fully saturated rings. The van der Waals surface area contributed by atoms with E-state index in [1.807, 2.05) is 50.5 Å². The van der Waals surface area contributed by atoms with Crippen molar-refractivity contribution in [3.63, 3.8) is 0 Å². The van der Waals surface area contributed by atoms with Crippen LogP contribution in [-0.2, 0) is 4.79 Å². The zero-order valence-electron chi connectivity index (χ0n) is 13.2. The lowest BCUT2D eigenvalue weighted by Gasteiger charge is -2.24. The maximum absolute atomic E-state index is 12.2. The van der Waals surface area contributed by atoms with Crippen LogP contribution in [-0.4, -0.2) is 37.6 Å². The number of carbonyl (C=O) groups is 1. The van der Waals surface area contributed by atoms with Gasteiger partial charge in [-0.2, -0.15) is 0 Å². The molecule has 5 heteroatoms. The van der Waals surface area contributed by atoms with Crippen LogP contribution in [0.5, 0.6) is 5.75 Å². The molecule has 22 heavy (non-hydrogen) atoms. The Morgan fingerprint density at radius 3 is 2.55 bits per heavy atom. The topological polar surface area (TPSA) is 41.6 Å². The highest BCUT2D eigenvalue weighted by atomic mass is 32.1. The zero-order chi connectivity index (χ0) is 15.9. The van der Waals surface area contributed by atoms with E-state index in [0.29, 0.717) is 12.3 Å². The lowest BCUT2D eigenvalue weighted by molar-refractivity contribution is -0.127. The van der Waals surface area contributed by atoms with Crippen LogP contribution in [0.4, 0.5) is 0 Å². The number of ether oxygens (including phenoxy) is 1. The lowest BCUT2D eigenvalue weighted by Crippen LogP contribution is -2.40. The van der Waals surface area contributed by atoms with E-state index in [1.165, 1.54) is 4.88 Å². The minimum Gasteiger partial charge on any atom is -0.481 e. The Kier molecular flexibility index (Phi) is 5.98. The van der Waals surface area contributed by atoms with Crippen molar-refractivity contribution in [1.29, 1.82) is 0 Å². The maximum atomic E-state index is 12.2. The molecule has 118 valence electrons. The second-order valence-electron chi connectivity index (χ2n) is 5.31. The number of likely N-dealkylation sites (N-methyl/N-ethyl adjacent to an activating group) is 1. The molecule has 0 aliphatic carbocycles. The molecule has 0 saturated carbocycles. The van der Waals surface area contributed by atoms with Crippen LogP contribution in [0.1, 0.15) is 17.8 Å².